The lowest BCUT2D eigenvalue weighted by Crippen LogP contribution is -2.01. The molecule has 0 unspecified atom stereocenters. The van der Waals surface area contributed by atoms with Gasteiger partial charge in [-0.2, -0.15) is 4.98 Å². The third-order valence-corrected chi connectivity index (χ3v) is 3.98. The number of hydrogen-bond donors (Lipinski definition) is 1. The Bertz CT molecular complexity index is 785. The average molecular weight is 377 g/mol. The van der Waals surface area contributed by atoms with Gasteiger partial charge in [-0.15, -0.1) is 11.3 Å². The summed E-state index contributed by atoms with van der Waals surface area (Å²) in [6.07, 6.45) is 0. The summed E-state index contributed by atoms with van der Waals surface area (Å²) in [5.41, 5.74) is -0.282. The number of aromatic nitrogens is 2. The van der Waals surface area contributed by atoms with Crippen LogP contribution in [0.25, 0.3) is 10.2 Å². The van der Waals surface area contributed by atoms with Crippen molar-refractivity contribution >= 4 is 60.6 Å². The number of hydrogen-bond acceptors (Lipinski definition) is 4. The van der Waals surface area contributed by atoms with E-state index in [4.69, 9.17) is 11.6 Å². The molecule has 2 heterocycles. The summed E-state index contributed by atoms with van der Waals surface area (Å²) in [6.45, 7) is 0. The zero-order valence-corrected chi connectivity index (χ0v) is 12.8. The topological polar surface area (TPSA) is 37.8 Å². The number of halogens is 4. The van der Waals surface area contributed by atoms with E-state index in [1.165, 1.54) is 23.5 Å². The molecule has 20 heavy (non-hydrogen) atoms. The highest BCUT2D eigenvalue weighted by molar-refractivity contribution is 9.10. The van der Waals surface area contributed by atoms with Crippen LogP contribution in [0.3, 0.4) is 0 Å². The monoisotopic (exact) mass is 375 g/mol. The van der Waals surface area contributed by atoms with Gasteiger partial charge in [0.1, 0.15) is 16.3 Å². The van der Waals surface area contributed by atoms with Crippen LogP contribution < -0.4 is 5.32 Å². The molecule has 3 rings (SSSR count). The minimum Gasteiger partial charge on any atom is -0.335 e. The fourth-order valence-electron chi connectivity index (χ4n) is 1.70. The van der Waals surface area contributed by atoms with Crippen LogP contribution in [0.1, 0.15) is 0 Å². The Morgan fingerprint density at radius 2 is 1.90 bits per heavy atom. The largest absolute Gasteiger partial charge is 0.335 e. The minimum absolute atomic E-state index is 0.0142. The van der Waals surface area contributed by atoms with E-state index < -0.39 is 11.6 Å². The highest BCUT2D eigenvalue weighted by Crippen LogP contribution is 2.31. The van der Waals surface area contributed by atoms with Crippen LogP contribution in [0, 0.1) is 11.6 Å². The SMILES string of the molecule is Fc1cc(Br)cc(F)c1Nc1nc(Cl)nc2sccc12. The van der Waals surface area contributed by atoms with Crippen molar-refractivity contribution in [2.24, 2.45) is 0 Å². The predicted molar refractivity (Wildman–Crippen MR) is 79.8 cm³/mol. The molecule has 0 aliphatic heterocycles. The van der Waals surface area contributed by atoms with Gasteiger partial charge in [0.15, 0.2) is 11.6 Å². The smallest absolute Gasteiger partial charge is 0.225 e. The molecule has 1 aromatic carbocycles. The second-order valence-corrected chi connectivity index (χ2v) is 6.00. The first-order valence-corrected chi connectivity index (χ1v) is 7.42. The van der Waals surface area contributed by atoms with Gasteiger partial charge in [-0.25, -0.2) is 13.8 Å². The second kappa shape index (κ2) is 5.23. The van der Waals surface area contributed by atoms with Crippen molar-refractivity contribution in [3.8, 4) is 0 Å². The van der Waals surface area contributed by atoms with E-state index in [9.17, 15) is 8.78 Å². The molecule has 0 radical (unpaired) electrons. The third-order valence-electron chi connectivity index (χ3n) is 2.55. The number of nitrogens with one attached hydrogen (secondary N) is 1. The molecular weight excluding hydrogens is 372 g/mol. The van der Waals surface area contributed by atoms with Gasteiger partial charge in [0, 0.05) is 4.47 Å². The average Bonchev–Trinajstić information content (AvgIpc) is 2.81. The van der Waals surface area contributed by atoms with Crippen LogP contribution in [-0.2, 0) is 0 Å². The second-order valence-electron chi connectivity index (χ2n) is 3.85. The quantitative estimate of drug-likeness (QED) is 0.630. The maximum Gasteiger partial charge on any atom is 0.225 e. The van der Waals surface area contributed by atoms with Crippen molar-refractivity contribution in [1.29, 1.82) is 0 Å². The van der Waals surface area contributed by atoms with Crippen molar-refractivity contribution in [3.63, 3.8) is 0 Å². The maximum absolute atomic E-state index is 13.8. The Kier molecular flexibility index (Phi) is 3.57. The van der Waals surface area contributed by atoms with Gasteiger partial charge in [-0.3, -0.25) is 0 Å². The normalized spacial score (nSPS) is 11.0. The highest BCUT2D eigenvalue weighted by atomic mass is 79.9. The molecule has 0 saturated heterocycles. The van der Waals surface area contributed by atoms with Gasteiger partial charge in [-0.05, 0) is 35.2 Å². The minimum atomic E-state index is -0.727. The van der Waals surface area contributed by atoms with Gasteiger partial charge in [0.25, 0.3) is 0 Å². The molecule has 0 bridgehead atoms. The highest BCUT2D eigenvalue weighted by Gasteiger charge is 2.14. The van der Waals surface area contributed by atoms with E-state index in [0.717, 1.165) is 0 Å². The Morgan fingerprint density at radius 3 is 2.60 bits per heavy atom. The summed E-state index contributed by atoms with van der Waals surface area (Å²) < 4.78 is 28.0. The van der Waals surface area contributed by atoms with Gasteiger partial charge in [0.05, 0.1) is 5.39 Å². The van der Waals surface area contributed by atoms with E-state index in [2.05, 4.69) is 31.2 Å². The molecule has 1 N–H and O–H groups in total. The Hall–Kier alpha value is -1.31. The van der Waals surface area contributed by atoms with Crippen LogP contribution in [0.15, 0.2) is 28.1 Å². The number of nitrogens with zero attached hydrogens (tertiary/aromatic N) is 2. The molecule has 0 atom stereocenters. The van der Waals surface area contributed by atoms with E-state index in [-0.39, 0.29) is 16.8 Å². The van der Waals surface area contributed by atoms with Gasteiger partial charge < -0.3 is 5.32 Å². The van der Waals surface area contributed by atoms with E-state index in [1.807, 2.05) is 0 Å². The molecular formula is C12H5BrClF2N3S. The summed E-state index contributed by atoms with van der Waals surface area (Å²) in [6, 6.07) is 4.09. The molecule has 0 spiro atoms. The summed E-state index contributed by atoms with van der Waals surface area (Å²) in [5, 5.41) is 5.11. The molecule has 2 aromatic heterocycles. The van der Waals surface area contributed by atoms with Crippen molar-refractivity contribution in [2.75, 3.05) is 5.32 Å². The molecule has 3 aromatic rings. The summed E-state index contributed by atoms with van der Waals surface area (Å²) in [4.78, 5) is 8.66. The van der Waals surface area contributed by atoms with Gasteiger partial charge in [-0.1, -0.05) is 15.9 Å². The number of rotatable bonds is 2. The lowest BCUT2D eigenvalue weighted by molar-refractivity contribution is 0.589. The first-order valence-electron chi connectivity index (χ1n) is 5.37. The molecule has 0 amide bonds. The Labute approximate surface area is 129 Å². The maximum atomic E-state index is 13.8. The number of anilines is 2. The van der Waals surface area contributed by atoms with E-state index in [0.29, 0.717) is 14.7 Å². The fourth-order valence-corrected chi connectivity index (χ4v) is 3.09. The van der Waals surface area contributed by atoms with Crippen LogP contribution in [-0.4, -0.2) is 9.97 Å². The Morgan fingerprint density at radius 1 is 1.20 bits per heavy atom. The number of benzene rings is 1. The lowest BCUT2D eigenvalue weighted by Gasteiger charge is -2.09. The standard InChI is InChI=1S/C12H5BrClF2N3S/c13-5-3-7(15)9(8(16)4-5)17-10-6-1-2-20-11(6)19-12(14)18-10/h1-4H,(H,17,18,19). The van der Waals surface area contributed by atoms with Gasteiger partial charge in [0.2, 0.25) is 5.28 Å². The van der Waals surface area contributed by atoms with E-state index >= 15 is 0 Å². The molecule has 0 saturated carbocycles. The molecule has 0 aliphatic rings. The predicted octanol–water partition coefficient (Wildman–Crippen LogP) is 5.13. The van der Waals surface area contributed by atoms with Crippen LogP contribution in [0.2, 0.25) is 5.28 Å². The van der Waals surface area contributed by atoms with Crippen LogP contribution in [0.4, 0.5) is 20.3 Å². The zero-order chi connectivity index (χ0) is 14.3. The summed E-state index contributed by atoms with van der Waals surface area (Å²) >= 11 is 10.2. The molecule has 102 valence electrons. The van der Waals surface area contributed by atoms with Crippen LogP contribution in [0.5, 0.6) is 0 Å². The van der Waals surface area contributed by atoms with Crippen molar-refractivity contribution in [2.45, 2.75) is 0 Å². The van der Waals surface area contributed by atoms with Crippen molar-refractivity contribution in [3.05, 3.63) is 45.0 Å². The summed E-state index contributed by atoms with van der Waals surface area (Å²) in [7, 11) is 0. The van der Waals surface area contributed by atoms with Crippen molar-refractivity contribution in [1.82, 2.24) is 9.97 Å². The Balaban J connectivity index is 2.12. The molecule has 0 fully saturated rings. The third kappa shape index (κ3) is 2.48. The molecule has 0 aliphatic carbocycles. The summed E-state index contributed by atoms with van der Waals surface area (Å²) in [5.74, 6) is -1.19. The first kappa shape index (κ1) is 13.7. The number of thiophene rings is 1. The molecule has 3 nitrogen and oxygen atoms in total. The first-order chi connectivity index (χ1) is 9.54. The molecule has 8 heteroatoms. The van der Waals surface area contributed by atoms with Crippen molar-refractivity contribution < 1.29 is 8.78 Å². The fraction of sp³-hybridized carbons (Fsp3) is 0. The van der Waals surface area contributed by atoms with E-state index in [1.54, 1.807) is 11.4 Å². The lowest BCUT2D eigenvalue weighted by atomic mass is 10.2. The zero-order valence-electron chi connectivity index (χ0n) is 9.62. The number of fused-ring (bicyclic) bond motifs is 1. The van der Waals surface area contributed by atoms with Crippen LogP contribution >= 0.6 is 38.9 Å². The van der Waals surface area contributed by atoms with Gasteiger partial charge >= 0.3 is 0 Å².